The number of rotatable bonds is 5. The molecule has 100 valence electrons. The Morgan fingerprint density at radius 3 is 2.53 bits per heavy atom. The first kappa shape index (κ1) is 13.9. The van der Waals surface area contributed by atoms with Crippen LogP contribution >= 0.6 is 11.6 Å². The quantitative estimate of drug-likeness (QED) is 0.896. The third-order valence-electron chi connectivity index (χ3n) is 2.96. The lowest BCUT2D eigenvalue weighted by atomic mass is 10.00. The highest BCUT2D eigenvalue weighted by Crippen LogP contribution is 2.21. The molecule has 0 radical (unpaired) electrons. The Labute approximate surface area is 119 Å². The second-order valence-corrected chi connectivity index (χ2v) is 4.88. The fourth-order valence-corrected chi connectivity index (χ4v) is 2.23. The fourth-order valence-electron chi connectivity index (χ4n) is 2.01. The predicted octanol–water partition coefficient (Wildman–Crippen LogP) is 3.98. The van der Waals surface area contributed by atoms with Gasteiger partial charge in [-0.2, -0.15) is 0 Å². The molecular formula is C16H18ClNO. The van der Waals surface area contributed by atoms with Crippen molar-refractivity contribution in [1.82, 2.24) is 0 Å². The molecule has 2 N–H and O–H groups in total. The molecule has 0 aliphatic carbocycles. The van der Waals surface area contributed by atoms with E-state index in [2.05, 4.69) is 0 Å². The van der Waals surface area contributed by atoms with Crippen LogP contribution in [0, 0.1) is 0 Å². The summed E-state index contributed by atoms with van der Waals surface area (Å²) in [6, 6.07) is 15.7. The van der Waals surface area contributed by atoms with E-state index in [0.29, 0.717) is 6.61 Å². The van der Waals surface area contributed by atoms with Gasteiger partial charge in [0.1, 0.15) is 5.75 Å². The molecule has 3 heteroatoms. The lowest BCUT2D eigenvalue weighted by molar-refractivity contribution is 0.340. The molecule has 1 unspecified atom stereocenters. The van der Waals surface area contributed by atoms with Gasteiger partial charge in [-0.25, -0.2) is 0 Å². The Balaban J connectivity index is 2.05. The summed E-state index contributed by atoms with van der Waals surface area (Å²) in [4.78, 5) is 0. The van der Waals surface area contributed by atoms with Crippen LogP contribution in [0.2, 0.25) is 5.02 Å². The molecule has 0 fully saturated rings. The van der Waals surface area contributed by atoms with Crippen molar-refractivity contribution in [2.45, 2.75) is 19.4 Å². The van der Waals surface area contributed by atoms with Crippen LogP contribution in [0.4, 0.5) is 0 Å². The number of hydrogen-bond donors (Lipinski definition) is 1. The molecule has 2 aromatic rings. The number of nitrogens with two attached hydrogens (primary N) is 1. The highest BCUT2D eigenvalue weighted by atomic mass is 35.5. The van der Waals surface area contributed by atoms with E-state index in [1.807, 2.05) is 55.5 Å². The molecule has 0 spiro atoms. The van der Waals surface area contributed by atoms with Gasteiger partial charge < -0.3 is 10.5 Å². The zero-order valence-electron chi connectivity index (χ0n) is 11.0. The van der Waals surface area contributed by atoms with Crippen molar-refractivity contribution in [3.63, 3.8) is 0 Å². The maximum Gasteiger partial charge on any atom is 0.119 e. The third-order valence-corrected chi connectivity index (χ3v) is 3.20. The Kier molecular flexibility index (Phi) is 4.83. The molecule has 0 saturated carbocycles. The Hall–Kier alpha value is -1.51. The minimum atomic E-state index is -0.0332. The van der Waals surface area contributed by atoms with Crippen molar-refractivity contribution < 1.29 is 4.74 Å². The van der Waals surface area contributed by atoms with Crippen molar-refractivity contribution >= 4 is 11.6 Å². The number of ether oxygens (including phenoxy) is 1. The number of hydrogen-bond acceptors (Lipinski definition) is 2. The summed E-state index contributed by atoms with van der Waals surface area (Å²) >= 11 is 5.97. The summed E-state index contributed by atoms with van der Waals surface area (Å²) < 4.78 is 5.42. The molecule has 2 aromatic carbocycles. The van der Waals surface area contributed by atoms with Crippen molar-refractivity contribution in [3.8, 4) is 5.75 Å². The molecule has 0 aromatic heterocycles. The van der Waals surface area contributed by atoms with Crippen molar-refractivity contribution in [2.75, 3.05) is 6.61 Å². The monoisotopic (exact) mass is 275 g/mol. The zero-order chi connectivity index (χ0) is 13.7. The van der Waals surface area contributed by atoms with Crippen LogP contribution in [0.3, 0.4) is 0 Å². The maximum absolute atomic E-state index is 6.22. The van der Waals surface area contributed by atoms with Gasteiger partial charge in [-0.05, 0) is 48.7 Å². The second kappa shape index (κ2) is 6.60. The van der Waals surface area contributed by atoms with Crippen LogP contribution in [0.25, 0.3) is 0 Å². The average Bonchev–Trinajstić information content (AvgIpc) is 2.40. The van der Waals surface area contributed by atoms with Crippen molar-refractivity contribution in [3.05, 3.63) is 64.7 Å². The van der Waals surface area contributed by atoms with Gasteiger partial charge in [0.2, 0.25) is 0 Å². The Bertz CT molecular complexity index is 525. The lowest BCUT2D eigenvalue weighted by Crippen LogP contribution is -2.13. The van der Waals surface area contributed by atoms with Crippen LogP contribution in [0.15, 0.2) is 48.5 Å². The zero-order valence-corrected chi connectivity index (χ0v) is 11.7. The number of halogens is 1. The minimum Gasteiger partial charge on any atom is -0.494 e. The van der Waals surface area contributed by atoms with Gasteiger partial charge in [-0.3, -0.25) is 0 Å². The molecule has 0 saturated heterocycles. The third kappa shape index (κ3) is 3.98. The van der Waals surface area contributed by atoms with E-state index in [1.165, 1.54) is 0 Å². The molecular weight excluding hydrogens is 258 g/mol. The van der Waals surface area contributed by atoms with Gasteiger partial charge >= 0.3 is 0 Å². The molecule has 0 bridgehead atoms. The summed E-state index contributed by atoms with van der Waals surface area (Å²) in [6.45, 7) is 2.65. The first-order chi connectivity index (χ1) is 9.19. The predicted molar refractivity (Wildman–Crippen MR) is 79.7 cm³/mol. The molecule has 0 amide bonds. The summed E-state index contributed by atoms with van der Waals surface area (Å²) in [5.41, 5.74) is 8.46. The summed E-state index contributed by atoms with van der Waals surface area (Å²) in [5.74, 6) is 0.876. The van der Waals surface area contributed by atoms with E-state index in [9.17, 15) is 0 Å². The van der Waals surface area contributed by atoms with Gasteiger partial charge in [0.15, 0.2) is 0 Å². The normalized spacial score (nSPS) is 12.2. The van der Waals surface area contributed by atoms with Crippen molar-refractivity contribution in [2.24, 2.45) is 5.73 Å². The second-order valence-electron chi connectivity index (χ2n) is 4.44. The van der Waals surface area contributed by atoms with Gasteiger partial charge in [-0.1, -0.05) is 35.9 Å². The van der Waals surface area contributed by atoms with Gasteiger partial charge in [0, 0.05) is 11.1 Å². The van der Waals surface area contributed by atoms with E-state index < -0.39 is 0 Å². The molecule has 19 heavy (non-hydrogen) atoms. The van der Waals surface area contributed by atoms with Crippen LogP contribution < -0.4 is 10.5 Å². The molecule has 1 atom stereocenters. The highest BCUT2D eigenvalue weighted by molar-refractivity contribution is 6.30. The van der Waals surface area contributed by atoms with E-state index >= 15 is 0 Å². The molecule has 0 heterocycles. The molecule has 2 nitrogen and oxygen atoms in total. The Morgan fingerprint density at radius 1 is 1.16 bits per heavy atom. The minimum absolute atomic E-state index is 0.0332. The van der Waals surface area contributed by atoms with Crippen LogP contribution in [0.5, 0.6) is 5.75 Å². The van der Waals surface area contributed by atoms with E-state index in [1.54, 1.807) is 0 Å². The first-order valence-corrected chi connectivity index (χ1v) is 6.79. The average molecular weight is 276 g/mol. The van der Waals surface area contributed by atoms with E-state index in [4.69, 9.17) is 22.1 Å². The smallest absolute Gasteiger partial charge is 0.119 e. The van der Waals surface area contributed by atoms with E-state index in [-0.39, 0.29) is 6.04 Å². The summed E-state index contributed by atoms with van der Waals surface area (Å²) in [6.07, 6.45) is 0.772. The summed E-state index contributed by atoms with van der Waals surface area (Å²) in [7, 11) is 0. The largest absolute Gasteiger partial charge is 0.494 e. The van der Waals surface area contributed by atoms with Gasteiger partial charge in [0.05, 0.1) is 6.61 Å². The van der Waals surface area contributed by atoms with Gasteiger partial charge in [0.25, 0.3) is 0 Å². The van der Waals surface area contributed by atoms with Gasteiger partial charge in [-0.15, -0.1) is 0 Å². The van der Waals surface area contributed by atoms with Crippen molar-refractivity contribution in [1.29, 1.82) is 0 Å². The summed E-state index contributed by atoms with van der Waals surface area (Å²) in [5, 5.41) is 0.747. The molecule has 0 aliphatic heterocycles. The molecule has 2 rings (SSSR count). The highest BCUT2D eigenvalue weighted by Gasteiger charge is 2.07. The standard InChI is InChI=1S/C16H18ClNO/c1-2-19-15-8-6-13(7-9-15)16(18)11-12-4-3-5-14(17)10-12/h3-10,16H,2,11,18H2,1H3. The SMILES string of the molecule is CCOc1ccc(C(N)Cc2cccc(Cl)c2)cc1. The van der Waals surface area contributed by atoms with Crippen LogP contribution in [0.1, 0.15) is 24.1 Å². The van der Waals surface area contributed by atoms with Crippen LogP contribution in [-0.4, -0.2) is 6.61 Å². The van der Waals surface area contributed by atoms with E-state index in [0.717, 1.165) is 28.3 Å². The first-order valence-electron chi connectivity index (χ1n) is 6.42. The lowest BCUT2D eigenvalue weighted by Gasteiger charge is -2.13. The molecule has 0 aliphatic rings. The number of benzene rings is 2. The Morgan fingerprint density at radius 2 is 1.89 bits per heavy atom. The topological polar surface area (TPSA) is 35.2 Å². The fraction of sp³-hybridized carbons (Fsp3) is 0.250. The van der Waals surface area contributed by atoms with Crippen LogP contribution in [-0.2, 0) is 6.42 Å². The maximum atomic E-state index is 6.22.